The molecular weight excluding hydrogens is 513 g/mol. The van der Waals surface area contributed by atoms with E-state index in [9.17, 15) is 14.0 Å². The van der Waals surface area contributed by atoms with Gasteiger partial charge in [-0.25, -0.2) is 4.39 Å². The molecule has 0 N–H and O–H groups in total. The summed E-state index contributed by atoms with van der Waals surface area (Å²) >= 11 is 9.07. The SMILES string of the molecule is CN1C(=O)C(Sc2ccccc2Cl)C(=O)CC1(c1ccsc1)c1cccc(Cc2ccc(F)cc2)c1. The summed E-state index contributed by atoms with van der Waals surface area (Å²) < 4.78 is 13.4. The summed E-state index contributed by atoms with van der Waals surface area (Å²) in [5.74, 6) is -0.640. The molecule has 1 fully saturated rings. The predicted molar refractivity (Wildman–Crippen MR) is 144 cm³/mol. The summed E-state index contributed by atoms with van der Waals surface area (Å²) in [6.45, 7) is 0. The Labute approximate surface area is 222 Å². The number of hydrogen-bond donors (Lipinski definition) is 0. The van der Waals surface area contributed by atoms with Gasteiger partial charge in [0.25, 0.3) is 0 Å². The van der Waals surface area contributed by atoms with Crippen LogP contribution in [-0.2, 0) is 21.5 Å². The van der Waals surface area contributed by atoms with Crippen LogP contribution in [0.15, 0.2) is 94.5 Å². The minimum Gasteiger partial charge on any atom is -0.330 e. The zero-order chi connectivity index (χ0) is 25.3. The number of hydrogen-bond acceptors (Lipinski definition) is 4. The first-order valence-corrected chi connectivity index (χ1v) is 13.7. The largest absolute Gasteiger partial charge is 0.330 e. The van der Waals surface area contributed by atoms with Crippen LogP contribution in [0.1, 0.15) is 28.7 Å². The molecule has 1 saturated heterocycles. The van der Waals surface area contributed by atoms with Crippen LogP contribution in [-0.4, -0.2) is 28.9 Å². The number of rotatable bonds is 6. The Balaban J connectivity index is 1.52. The highest BCUT2D eigenvalue weighted by Crippen LogP contribution is 2.46. The van der Waals surface area contributed by atoms with Crippen molar-refractivity contribution in [1.29, 1.82) is 0 Å². The quantitative estimate of drug-likeness (QED) is 0.250. The number of benzene rings is 3. The van der Waals surface area contributed by atoms with Gasteiger partial charge in [0.2, 0.25) is 5.91 Å². The van der Waals surface area contributed by atoms with Crippen molar-refractivity contribution in [3.05, 3.63) is 123 Å². The number of likely N-dealkylation sites (tertiary alicyclic amines) is 1. The third-order valence-corrected chi connectivity index (χ3v) is 9.09. The summed E-state index contributed by atoms with van der Waals surface area (Å²) in [5, 5.41) is 3.64. The third kappa shape index (κ3) is 4.61. The summed E-state index contributed by atoms with van der Waals surface area (Å²) in [6.07, 6.45) is 0.776. The molecule has 7 heteroatoms. The average molecular weight is 536 g/mol. The van der Waals surface area contributed by atoms with Crippen molar-refractivity contribution >= 4 is 46.4 Å². The van der Waals surface area contributed by atoms with Gasteiger partial charge < -0.3 is 4.90 Å². The molecule has 1 aliphatic rings. The number of amides is 1. The van der Waals surface area contributed by atoms with E-state index in [-0.39, 0.29) is 23.9 Å². The Morgan fingerprint density at radius 1 is 1.00 bits per heavy atom. The lowest BCUT2D eigenvalue weighted by molar-refractivity contribution is -0.144. The first-order valence-electron chi connectivity index (χ1n) is 11.5. The lowest BCUT2D eigenvalue weighted by Gasteiger charge is -2.47. The Morgan fingerprint density at radius 2 is 1.78 bits per heavy atom. The lowest BCUT2D eigenvalue weighted by atomic mass is 9.75. The second kappa shape index (κ2) is 10.2. The van der Waals surface area contributed by atoms with Crippen LogP contribution < -0.4 is 0 Å². The highest BCUT2D eigenvalue weighted by molar-refractivity contribution is 8.01. The molecule has 0 radical (unpaired) electrons. The number of halogens is 2. The molecule has 182 valence electrons. The molecule has 36 heavy (non-hydrogen) atoms. The van der Waals surface area contributed by atoms with Crippen molar-refractivity contribution in [1.82, 2.24) is 4.90 Å². The molecule has 0 spiro atoms. The first kappa shape index (κ1) is 24.8. The van der Waals surface area contributed by atoms with Crippen LogP contribution in [0, 0.1) is 5.82 Å². The molecule has 4 aromatic rings. The Morgan fingerprint density at radius 3 is 2.50 bits per heavy atom. The summed E-state index contributed by atoms with van der Waals surface area (Å²) in [4.78, 5) is 29.8. The monoisotopic (exact) mass is 535 g/mol. The molecule has 0 bridgehead atoms. The normalized spacial score (nSPS) is 20.1. The molecular formula is C29H23ClFNO2S2. The molecule has 1 amide bonds. The van der Waals surface area contributed by atoms with Gasteiger partial charge in [0.1, 0.15) is 16.6 Å². The second-order valence-corrected chi connectivity index (χ2v) is 11.2. The lowest BCUT2D eigenvalue weighted by Crippen LogP contribution is -2.58. The fourth-order valence-electron chi connectivity index (χ4n) is 4.78. The number of ketones is 1. The van der Waals surface area contributed by atoms with Crippen LogP contribution >= 0.6 is 34.7 Å². The fraction of sp³-hybridized carbons (Fsp3) is 0.172. The first-order chi connectivity index (χ1) is 17.4. The van der Waals surface area contributed by atoms with E-state index in [1.54, 1.807) is 30.1 Å². The molecule has 2 heterocycles. The fourth-order valence-corrected chi connectivity index (χ4v) is 6.84. The number of thioether (sulfide) groups is 1. The smallest absolute Gasteiger partial charge is 0.244 e. The molecule has 1 aliphatic heterocycles. The van der Waals surface area contributed by atoms with Gasteiger partial charge in [0, 0.05) is 18.4 Å². The maximum Gasteiger partial charge on any atom is 0.244 e. The Hall–Kier alpha value is -2.93. The zero-order valence-corrected chi connectivity index (χ0v) is 21.9. The standard InChI is InChI=1S/C29H23ClFNO2S2/c1-32-28(34)27(36-26-8-3-2-7-24(26)30)25(33)17-29(32,22-13-14-35-18-22)21-6-4-5-20(16-21)15-19-9-11-23(31)12-10-19/h2-14,16,18,27H,15,17H2,1H3. The molecule has 3 nitrogen and oxygen atoms in total. The van der Waals surface area contributed by atoms with Crippen LogP contribution in [0.4, 0.5) is 4.39 Å². The third-order valence-electron chi connectivity index (χ3n) is 6.66. The van der Waals surface area contributed by atoms with Gasteiger partial charge in [0.15, 0.2) is 5.78 Å². The van der Waals surface area contributed by atoms with Crippen molar-refractivity contribution in [3.63, 3.8) is 0 Å². The Bertz CT molecular complexity index is 1410. The molecule has 2 unspecified atom stereocenters. The van der Waals surface area contributed by atoms with Gasteiger partial charge in [-0.15, -0.1) is 11.8 Å². The van der Waals surface area contributed by atoms with E-state index in [1.807, 2.05) is 53.2 Å². The van der Waals surface area contributed by atoms with Crippen molar-refractivity contribution in [2.45, 2.75) is 28.5 Å². The number of Topliss-reactive ketones (excluding diaryl/α,β-unsaturated/α-hetero) is 1. The highest BCUT2D eigenvalue weighted by atomic mass is 35.5. The summed E-state index contributed by atoms with van der Waals surface area (Å²) in [5.41, 5.74) is 2.89. The van der Waals surface area contributed by atoms with E-state index in [0.29, 0.717) is 16.3 Å². The topological polar surface area (TPSA) is 37.4 Å². The maximum atomic E-state index is 13.8. The number of nitrogens with zero attached hydrogens (tertiary/aromatic N) is 1. The maximum absolute atomic E-state index is 13.8. The summed E-state index contributed by atoms with van der Waals surface area (Å²) in [7, 11) is 1.78. The second-order valence-electron chi connectivity index (χ2n) is 8.84. The van der Waals surface area contributed by atoms with Gasteiger partial charge in [-0.3, -0.25) is 9.59 Å². The molecule has 2 atom stereocenters. The van der Waals surface area contributed by atoms with Gasteiger partial charge >= 0.3 is 0 Å². The van der Waals surface area contributed by atoms with Crippen molar-refractivity contribution in [2.75, 3.05) is 7.05 Å². The van der Waals surface area contributed by atoms with Crippen LogP contribution in [0.5, 0.6) is 0 Å². The van der Waals surface area contributed by atoms with Crippen molar-refractivity contribution in [2.24, 2.45) is 0 Å². The average Bonchev–Trinajstić information content (AvgIpc) is 3.42. The number of carbonyl (C=O) groups excluding carboxylic acids is 2. The number of thiophene rings is 1. The summed E-state index contributed by atoms with van der Waals surface area (Å²) in [6, 6.07) is 23.7. The van der Waals surface area contributed by atoms with E-state index in [4.69, 9.17) is 11.6 Å². The van der Waals surface area contributed by atoms with Gasteiger partial charge in [-0.2, -0.15) is 11.3 Å². The molecule has 1 aromatic heterocycles. The predicted octanol–water partition coefficient (Wildman–Crippen LogP) is 6.97. The van der Waals surface area contributed by atoms with Crippen LogP contribution in [0.2, 0.25) is 5.02 Å². The van der Waals surface area contributed by atoms with E-state index in [2.05, 4.69) is 6.07 Å². The minimum atomic E-state index is -0.912. The molecule has 0 aliphatic carbocycles. The molecule has 3 aromatic carbocycles. The van der Waals surface area contributed by atoms with E-state index in [1.165, 1.54) is 35.2 Å². The van der Waals surface area contributed by atoms with Crippen molar-refractivity contribution < 1.29 is 14.0 Å². The highest BCUT2D eigenvalue weighted by Gasteiger charge is 2.51. The molecule has 5 rings (SSSR count). The molecule has 0 saturated carbocycles. The minimum absolute atomic E-state index is 0.127. The van der Waals surface area contributed by atoms with Gasteiger partial charge in [-0.1, -0.05) is 60.1 Å². The van der Waals surface area contributed by atoms with Gasteiger partial charge in [-0.05, 0) is 69.8 Å². The Kier molecular flexibility index (Phi) is 7.02. The zero-order valence-electron chi connectivity index (χ0n) is 19.5. The van der Waals surface area contributed by atoms with Gasteiger partial charge in [0.05, 0.1) is 5.02 Å². The van der Waals surface area contributed by atoms with Crippen molar-refractivity contribution in [3.8, 4) is 0 Å². The van der Waals surface area contributed by atoms with E-state index >= 15 is 0 Å². The van der Waals surface area contributed by atoms with E-state index < -0.39 is 10.8 Å². The van der Waals surface area contributed by atoms with Crippen LogP contribution in [0.3, 0.4) is 0 Å². The van der Waals surface area contributed by atoms with Crippen LogP contribution in [0.25, 0.3) is 0 Å². The number of carbonyl (C=O) groups is 2. The number of piperidine rings is 1. The van der Waals surface area contributed by atoms with E-state index in [0.717, 1.165) is 22.3 Å².